The maximum Gasteiger partial charge on any atom is 0.238 e. The van der Waals surface area contributed by atoms with Gasteiger partial charge < -0.3 is 20.1 Å². The second-order valence-corrected chi connectivity index (χ2v) is 8.33. The number of benzene rings is 2. The summed E-state index contributed by atoms with van der Waals surface area (Å²) in [6.45, 7) is 5.75. The van der Waals surface area contributed by atoms with Gasteiger partial charge in [0.15, 0.2) is 11.5 Å². The van der Waals surface area contributed by atoms with Crippen LogP contribution in [0, 0.1) is 0 Å². The van der Waals surface area contributed by atoms with Crippen molar-refractivity contribution in [3.8, 4) is 11.5 Å². The van der Waals surface area contributed by atoms with Gasteiger partial charge in [-0.15, -0.1) is 0 Å². The fourth-order valence-electron chi connectivity index (χ4n) is 3.82. The lowest BCUT2D eigenvalue weighted by atomic mass is 10.1. The van der Waals surface area contributed by atoms with E-state index < -0.39 is 0 Å². The molecule has 0 radical (unpaired) electrons. The van der Waals surface area contributed by atoms with Crippen LogP contribution in [0.1, 0.15) is 12.5 Å². The Labute approximate surface area is 192 Å². The Bertz CT molecular complexity index is 978. The predicted octanol–water partition coefficient (Wildman–Crippen LogP) is 2.33. The first-order chi connectivity index (χ1) is 15.5. The molecule has 8 nitrogen and oxygen atoms in total. The number of nitrogens with zero attached hydrogens (tertiary/aromatic N) is 2. The lowest BCUT2D eigenvalue weighted by Gasteiger charge is -2.37. The quantitative estimate of drug-likeness (QED) is 0.662. The second kappa shape index (κ2) is 10.2. The summed E-state index contributed by atoms with van der Waals surface area (Å²) in [5, 5.41) is 6.37. The van der Waals surface area contributed by atoms with Gasteiger partial charge in [0.1, 0.15) is 0 Å². The molecule has 0 spiro atoms. The van der Waals surface area contributed by atoms with Crippen molar-refractivity contribution in [2.45, 2.75) is 19.5 Å². The highest BCUT2D eigenvalue weighted by Gasteiger charge is 2.26. The molecule has 0 unspecified atom stereocenters. The minimum absolute atomic E-state index is 0.0208. The summed E-state index contributed by atoms with van der Waals surface area (Å²) in [6, 6.07) is 12.6. The molecule has 1 fully saturated rings. The Morgan fingerprint density at radius 3 is 2.59 bits per heavy atom. The molecule has 2 aromatic carbocycles. The number of fused-ring (bicyclic) bond motifs is 1. The molecule has 0 saturated carbocycles. The lowest BCUT2D eigenvalue weighted by Crippen LogP contribution is -2.54. The molecule has 9 heteroatoms. The number of amides is 2. The smallest absolute Gasteiger partial charge is 0.238 e. The molecule has 32 heavy (non-hydrogen) atoms. The molecule has 2 aliphatic heterocycles. The summed E-state index contributed by atoms with van der Waals surface area (Å²) in [5.74, 6) is 1.32. The van der Waals surface area contributed by atoms with E-state index in [0.29, 0.717) is 29.5 Å². The van der Waals surface area contributed by atoms with E-state index in [2.05, 4.69) is 20.4 Å². The van der Waals surface area contributed by atoms with Crippen LogP contribution >= 0.6 is 11.6 Å². The number of hydrogen-bond acceptors (Lipinski definition) is 6. The number of halogens is 1. The van der Waals surface area contributed by atoms with Crippen LogP contribution in [0.4, 0.5) is 5.69 Å². The van der Waals surface area contributed by atoms with Gasteiger partial charge >= 0.3 is 0 Å². The Morgan fingerprint density at radius 1 is 1.06 bits per heavy atom. The van der Waals surface area contributed by atoms with Crippen molar-refractivity contribution in [2.24, 2.45) is 0 Å². The van der Waals surface area contributed by atoms with Crippen molar-refractivity contribution in [2.75, 3.05) is 44.8 Å². The molecule has 0 bridgehead atoms. The first-order valence-electron chi connectivity index (χ1n) is 10.7. The largest absolute Gasteiger partial charge is 0.454 e. The molecule has 1 atom stereocenters. The molecule has 2 aromatic rings. The van der Waals surface area contributed by atoms with Gasteiger partial charge in [0.2, 0.25) is 18.6 Å². The van der Waals surface area contributed by atoms with Crippen LogP contribution < -0.4 is 20.1 Å². The zero-order chi connectivity index (χ0) is 22.5. The molecule has 2 heterocycles. The molecule has 0 aliphatic carbocycles. The highest BCUT2D eigenvalue weighted by Crippen LogP contribution is 2.32. The molecule has 2 aliphatic rings. The Hall–Kier alpha value is -2.81. The van der Waals surface area contributed by atoms with Crippen molar-refractivity contribution in [3.63, 3.8) is 0 Å². The van der Waals surface area contributed by atoms with Crippen LogP contribution in [0.5, 0.6) is 11.5 Å². The van der Waals surface area contributed by atoms with Crippen molar-refractivity contribution < 1.29 is 19.1 Å². The van der Waals surface area contributed by atoms with E-state index in [1.54, 1.807) is 12.1 Å². The highest BCUT2D eigenvalue weighted by molar-refractivity contribution is 6.33. The van der Waals surface area contributed by atoms with Crippen LogP contribution in [-0.2, 0) is 16.1 Å². The zero-order valence-electron chi connectivity index (χ0n) is 18.0. The fraction of sp³-hybridized carbons (Fsp3) is 0.391. The summed E-state index contributed by atoms with van der Waals surface area (Å²) in [6.07, 6.45) is 0. The van der Waals surface area contributed by atoms with E-state index in [-0.39, 0.29) is 24.6 Å². The van der Waals surface area contributed by atoms with Gasteiger partial charge in [-0.25, -0.2) is 0 Å². The number of nitrogens with one attached hydrogen (secondary N) is 2. The maximum absolute atomic E-state index is 12.6. The Kier molecular flexibility index (Phi) is 7.14. The van der Waals surface area contributed by atoms with Crippen LogP contribution in [0.3, 0.4) is 0 Å². The molecule has 2 amide bonds. The summed E-state index contributed by atoms with van der Waals surface area (Å²) >= 11 is 6.10. The number of para-hydroxylation sites is 1. The Morgan fingerprint density at radius 2 is 1.81 bits per heavy atom. The molecule has 0 aromatic heterocycles. The number of anilines is 1. The number of rotatable bonds is 7. The maximum atomic E-state index is 12.6. The summed E-state index contributed by atoms with van der Waals surface area (Å²) in [4.78, 5) is 29.2. The summed E-state index contributed by atoms with van der Waals surface area (Å²) < 4.78 is 10.7. The topological polar surface area (TPSA) is 83.1 Å². The van der Waals surface area contributed by atoms with E-state index in [1.807, 2.05) is 37.3 Å². The van der Waals surface area contributed by atoms with E-state index in [0.717, 1.165) is 37.5 Å². The van der Waals surface area contributed by atoms with E-state index in [1.165, 1.54) is 0 Å². The average molecular weight is 459 g/mol. The summed E-state index contributed by atoms with van der Waals surface area (Å²) in [7, 11) is 0. The average Bonchev–Trinajstić information content (AvgIpc) is 3.27. The third-order valence-corrected chi connectivity index (χ3v) is 6.08. The van der Waals surface area contributed by atoms with Gasteiger partial charge in [0, 0.05) is 32.7 Å². The molecule has 1 saturated heterocycles. The van der Waals surface area contributed by atoms with Crippen molar-refractivity contribution in [1.82, 2.24) is 15.1 Å². The molecular weight excluding hydrogens is 432 g/mol. The zero-order valence-corrected chi connectivity index (χ0v) is 18.7. The van der Waals surface area contributed by atoms with Gasteiger partial charge in [-0.3, -0.25) is 19.4 Å². The van der Waals surface area contributed by atoms with E-state index in [9.17, 15) is 9.59 Å². The molecule has 4 rings (SSSR count). The second-order valence-electron chi connectivity index (χ2n) is 7.92. The summed E-state index contributed by atoms with van der Waals surface area (Å²) in [5.41, 5.74) is 1.58. The van der Waals surface area contributed by atoms with Gasteiger partial charge in [-0.2, -0.15) is 0 Å². The van der Waals surface area contributed by atoms with Crippen LogP contribution in [0.15, 0.2) is 42.5 Å². The normalized spacial score (nSPS) is 17.1. The number of carbonyl (C=O) groups excluding carboxylic acids is 2. The van der Waals surface area contributed by atoms with Crippen molar-refractivity contribution in [3.05, 3.63) is 53.1 Å². The number of ether oxygens (including phenoxy) is 2. The highest BCUT2D eigenvalue weighted by atomic mass is 35.5. The number of piperazine rings is 1. The first-order valence-corrected chi connectivity index (χ1v) is 11.0. The van der Waals surface area contributed by atoms with Crippen LogP contribution in [0.2, 0.25) is 5.02 Å². The van der Waals surface area contributed by atoms with Gasteiger partial charge in [0.25, 0.3) is 0 Å². The minimum atomic E-state index is -0.247. The minimum Gasteiger partial charge on any atom is -0.454 e. The van der Waals surface area contributed by atoms with Gasteiger partial charge in [-0.05, 0) is 36.8 Å². The van der Waals surface area contributed by atoms with Crippen LogP contribution in [0.25, 0.3) is 0 Å². The Balaban J connectivity index is 1.20. The van der Waals surface area contributed by atoms with E-state index >= 15 is 0 Å². The third-order valence-electron chi connectivity index (χ3n) is 5.75. The molecule has 2 N–H and O–H groups in total. The lowest BCUT2D eigenvalue weighted by molar-refractivity contribution is -0.127. The van der Waals surface area contributed by atoms with Crippen molar-refractivity contribution in [1.29, 1.82) is 0 Å². The van der Waals surface area contributed by atoms with E-state index in [4.69, 9.17) is 21.1 Å². The first kappa shape index (κ1) is 22.4. The monoisotopic (exact) mass is 458 g/mol. The van der Waals surface area contributed by atoms with Crippen molar-refractivity contribution >= 4 is 29.1 Å². The molecule has 170 valence electrons. The predicted molar refractivity (Wildman–Crippen MR) is 122 cm³/mol. The van der Waals surface area contributed by atoms with Crippen LogP contribution in [-0.4, -0.2) is 67.2 Å². The third kappa shape index (κ3) is 5.51. The molecular formula is C23H27ClN4O4. The standard InChI is InChI=1S/C23H27ClN4O4/c1-16(23(30)25-13-17-6-7-20-21(12-17)32-15-31-20)28-10-8-27(9-11-28)14-22(29)26-19-5-3-2-4-18(19)24/h2-7,12,16H,8-11,13-15H2,1H3,(H,25,30)(H,26,29)/t16-/m0/s1. The van der Waals surface area contributed by atoms with Gasteiger partial charge in [-0.1, -0.05) is 29.8 Å². The number of carbonyl (C=O) groups is 2. The fourth-order valence-corrected chi connectivity index (χ4v) is 4.00. The van der Waals surface area contributed by atoms with Gasteiger partial charge in [0.05, 0.1) is 23.3 Å². The SMILES string of the molecule is C[C@@H](C(=O)NCc1ccc2c(c1)OCO2)N1CCN(CC(=O)Nc2ccccc2Cl)CC1. The number of hydrogen-bond donors (Lipinski definition) is 2.